The summed E-state index contributed by atoms with van der Waals surface area (Å²) >= 11 is 6.14. The van der Waals surface area contributed by atoms with Gasteiger partial charge in [-0.15, -0.1) is 24.8 Å². The van der Waals surface area contributed by atoms with Crippen LogP contribution in [0.4, 0.5) is 5.95 Å². The second kappa shape index (κ2) is 12.0. The summed E-state index contributed by atoms with van der Waals surface area (Å²) in [6, 6.07) is 17.7. The number of anilines is 1. The minimum atomic E-state index is 0. The van der Waals surface area contributed by atoms with Gasteiger partial charge in [0.05, 0.1) is 6.54 Å². The van der Waals surface area contributed by atoms with Crippen LogP contribution in [-0.4, -0.2) is 53.1 Å². The number of hydrogen-bond donors (Lipinski definition) is 1. The van der Waals surface area contributed by atoms with Crippen LogP contribution in [0.25, 0.3) is 5.69 Å². The smallest absolute Gasteiger partial charge is 0.234 e. The second-order valence-corrected chi connectivity index (χ2v) is 7.54. The molecule has 4 rings (SSSR count). The maximum absolute atomic E-state index is 12.3. The number of nitrogens with zero attached hydrogens (tertiary/aromatic N) is 4. The summed E-state index contributed by atoms with van der Waals surface area (Å²) in [5.74, 6) is 0.961. The third-order valence-corrected chi connectivity index (χ3v) is 5.30. The molecule has 0 spiro atoms. The van der Waals surface area contributed by atoms with Crippen LogP contribution in [0.15, 0.2) is 67.0 Å². The molecular formula is C22H26Cl3N5O. The number of carbonyl (C=O) groups excluding carboxylic acids is 1. The SMILES string of the molecule is Cl.Cl.O=C(CN1CCN(c2nccn2-c2cccc(Cl)c2)CC1)NCc1ccccc1. The van der Waals surface area contributed by atoms with E-state index in [1.165, 1.54) is 0 Å². The first-order valence-electron chi connectivity index (χ1n) is 9.76. The van der Waals surface area contributed by atoms with E-state index < -0.39 is 0 Å². The molecule has 0 radical (unpaired) electrons. The zero-order chi connectivity index (χ0) is 20.1. The van der Waals surface area contributed by atoms with Gasteiger partial charge in [-0.05, 0) is 23.8 Å². The fourth-order valence-electron chi connectivity index (χ4n) is 3.52. The van der Waals surface area contributed by atoms with Gasteiger partial charge in [-0.3, -0.25) is 14.3 Å². The van der Waals surface area contributed by atoms with Gasteiger partial charge >= 0.3 is 0 Å². The molecule has 6 nitrogen and oxygen atoms in total. The monoisotopic (exact) mass is 481 g/mol. The van der Waals surface area contributed by atoms with Crippen molar-refractivity contribution in [1.29, 1.82) is 0 Å². The van der Waals surface area contributed by atoms with Crippen molar-refractivity contribution < 1.29 is 4.79 Å². The van der Waals surface area contributed by atoms with E-state index in [0.29, 0.717) is 18.1 Å². The molecule has 1 N–H and O–H groups in total. The molecule has 1 amide bonds. The van der Waals surface area contributed by atoms with Crippen LogP contribution >= 0.6 is 36.4 Å². The first-order valence-corrected chi connectivity index (χ1v) is 10.1. The zero-order valence-corrected chi connectivity index (χ0v) is 19.4. The summed E-state index contributed by atoms with van der Waals surface area (Å²) in [7, 11) is 0. The number of benzene rings is 2. The van der Waals surface area contributed by atoms with Crippen molar-refractivity contribution in [2.45, 2.75) is 6.54 Å². The standard InChI is InChI=1S/C22H24ClN5O.2ClH/c23-19-7-4-8-20(15-19)28-10-9-24-22(28)27-13-11-26(12-14-27)17-21(29)25-16-18-5-2-1-3-6-18;;/h1-10,15H,11-14,16-17H2,(H,25,29);2*1H. The van der Waals surface area contributed by atoms with Crippen LogP contribution in [-0.2, 0) is 11.3 Å². The highest BCUT2D eigenvalue weighted by molar-refractivity contribution is 6.30. The molecule has 1 aliphatic rings. The van der Waals surface area contributed by atoms with E-state index in [1.807, 2.05) is 65.4 Å². The van der Waals surface area contributed by atoms with E-state index in [9.17, 15) is 4.79 Å². The lowest BCUT2D eigenvalue weighted by Crippen LogP contribution is -2.50. The molecule has 0 saturated carbocycles. The summed E-state index contributed by atoms with van der Waals surface area (Å²) in [4.78, 5) is 21.2. The molecule has 2 aromatic carbocycles. The normalized spacial score (nSPS) is 13.8. The van der Waals surface area contributed by atoms with Gasteiger partial charge in [-0.25, -0.2) is 4.98 Å². The Kier molecular flexibility index (Phi) is 9.65. The summed E-state index contributed by atoms with van der Waals surface area (Å²) in [5, 5.41) is 3.70. The van der Waals surface area contributed by atoms with Crippen LogP contribution in [0.5, 0.6) is 0 Å². The van der Waals surface area contributed by atoms with E-state index in [1.54, 1.807) is 6.20 Å². The second-order valence-electron chi connectivity index (χ2n) is 7.10. The predicted molar refractivity (Wildman–Crippen MR) is 130 cm³/mol. The van der Waals surface area contributed by atoms with E-state index >= 15 is 0 Å². The molecule has 31 heavy (non-hydrogen) atoms. The number of carbonyl (C=O) groups is 1. The lowest BCUT2D eigenvalue weighted by atomic mass is 10.2. The molecule has 2 heterocycles. The highest BCUT2D eigenvalue weighted by atomic mass is 35.5. The minimum absolute atomic E-state index is 0. The Balaban J connectivity index is 0.00000171. The summed E-state index contributed by atoms with van der Waals surface area (Å²) < 4.78 is 2.05. The van der Waals surface area contributed by atoms with Crippen molar-refractivity contribution in [2.75, 3.05) is 37.6 Å². The molecule has 166 valence electrons. The van der Waals surface area contributed by atoms with Gasteiger partial charge in [0.1, 0.15) is 0 Å². The highest BCUT2D eigenvalue weighted by Crippen LogP contribution is 2.22. The van der Waals surface area contributed by atoms with Gasteiger partial charge in [0.25, 0.3) is 0 Å². The molecule has 0 atom stereocenters. The molecule has 3 aromatic rings. The van der Waals surface area contributed by atoms with Gasteiger partial charge in [0, 0.05) is 55.8 Å². The first kappa shape index (κ1) is 25.0. The molecule has 1 aromatic heterocycles. The zero-order valence-electron chi connectivity index (χ0n) is 17.0. The van der Waals surface area contributed by atoms with Crippen molar-refractivity contribution in [3.05, 3.63) is 77.6 Å². The number of nitrogens with one attached hydrogen (secondary N) is 1. The van der Waals surface area contributed by atoms with Gasteiger partial charge < -0.3 is 10.2 Å². The van der Waals surface area contributed by atoms with Crippen LogP contribution in [0.3, 0.4) is 0 Å². The lowest BCUT2D eigenvalue weighted by molar-refractivity contribution is -0.122. The van der Waals surface area contributed by atoms with E-state index in [4.69, 9.17) is 11.6 Å². The van der Waals surface area contributed by atoms with Gasteiger partial charge in [-0.1, -0.05) is 48.0 Å². The van der Waals surface area contributed by atoms with Crippen molar-refractivity contribution in [1.82, 2.24) is 19.8 Å². The Labute approximate surface area is 200 Å². The molecule has 1 saturated heterocycles. The van der Waals surface area contributed by atoms with Crippen molar-refractivity contribution in [3.63, 3.8) is 0 Å². The van der Waals surface area contributed by atoms with Crippen molar-refractivity contribution >= 4 is 48.3 Å². The number of imidazole rings is 1. The predicted octanol–water partition coefficient (Wildman–Crippen LogP) is 3.81. The number of halogens is 3. The minimum Gasteiger partial charge on any atom is -0.351 e. The maximum Gasteiger partial charge on any atom is 0.234 e. The molecular weight excluding hydrogens is 457 g/mol. The third kappa shape index (κ3) is 6.61. The van der Waals surface area contributed by atoms with E-state index in [2.05, 4.69) is 20.1 Å². The summed E-state index contributed by atoms with van der Waals surface area (Å²) in [5.41, 5.74) is 2.10. The topological polar surface area (TPSA) is 53.4 Å². The molecule has 1 aliphatic heterocycles. The number of aromatic nitrogens is 2. The van der Waals surface area contributed by atoms with E-state index in [0.717, 1.165) is 43.4 Å². The molecule has 0 aliphatic carbocycles. The fourth-order valence-corrected chi connectivity index (χ4v) is 3.70. The quantitative estimate of drug-likeness (QED) is 0.580. The Morgan fingerprint density at radius 2 is 1.74 bits per heavy atom. The fraction of sp³-hybridized carbons (Fsp3) is 0.273. The van der Waals surface area contributed by atoms with Crippen molar-refractivity contribution in [2.24, 2.45) is 0 Å². The Morgan fingerprint density at radius 3 is 2.45 bits per heavy atom. The van der Waals surface area contributed by atoms with Gasteiger partial charge in [-0.2, -0.15) is 0 Å². The van der Waals surface area contributed by atoms with Crippen LogP contribution in [0, 0.1) is 0 Å². The van der Waals surface area contributed by atoms with Crippen molar-refractivity contribution in [3.8, 4) is 5.69 Å². The Bertz CT molecular complexity index is 959. The largest absolute Gasteiger partial charge is 0.351 e. The average molecular weight is 483 g/mol. The van der Waals surface area contributed by atoms with Crippen LogP contribution in [0.1, 0.15) is 5.56 Å². The average Bonchev–Trinajstić information content (AvgIpc) is 3.24. The number of rotatable bonds is 6. The van der Waals surface area contributed by atoms with Crippen LogP contribution < -0.4 is 10.2 Å². The Hall–Kier alpha value is -2.25. The Morgan fingerprint density at radius 1 is 1.00 bits per heavy atom. The summed E-state index contributed by atoms with van der Waals surface area (Å²) in [6.07, 6.45) is 3.75. The van der Waals surface area contributed by atoms with E-state index in [-0.39, 0.29) is 30.7 Å². The third-order valence-electron chi connectivity index (χ3n) is 5.06. The van der Waals surface area contributed by atoms with Crippen LogP contribution in [0.2, 0.25) is 5.02 Å². The molecule has 0 unspecified atom stereocenters. The molecule has 9 heteroatoms. The lowest BCUT2D eigenvalue weighted by Gasteiger charge is -2.35. The number of hydrogen-bond acceptors (Lipinski definition) is 4. The van der Waals surface area contributed by atoms with Gasteiger partial charge in [0.2, 0.25) is 11.9 Å². The summed E-state index contributed by atoms with van der Waals surface area (Å²) in [6.45, 7) is 4.27. The molecule has 0 bridgehead atoms. The first-order chi connectivity index (χ1) is 14.2. The molecule has 1 fully saturated rings. The number of piperazine rings is 1. The number of amides is 1. The van der Waals surface area contributed by atoms with Gasteiger partial charge in [0.15, 0.2) is 0 Å². The maximum atomic E-state index is 12.3. The highest BCUT2D eigenvalue weighted by Gasteiger charge is 2.22.